The van der Waals surface area contributed by atoms with Crippen molar-refractivity contribution < 1.29 is 39.0 Å². The SMILES string of the molecule is CN(C)CC(=O)N[C@@H](CO)C(=O)N[C@@H](CSSC[C@@H](NC(=O)[C@@H](CO)NC(=O)CN(C)C)C(=O)CN)C(=O)CN. The van der Waals surface area contributed by atoms with Gasteiger partial charge in [-0.1, -0.05) is 21.6 Å². The van der Waals surface area contributed by atoms with Gasteiger partial charge in [-0.15, -0.1) is 0 Å². The molecule has 0 saturated heterocycles. The molecule has 4 amide bonds. The number of aliphatic hydroxyl groups is 2. The number of carbonyl (C=O) groups excluding carboxylic acids is 6. The average Bonchev–Trinajstić information content (AvgIpc) is 2.89. The number of nitrogens with zero attached hydrogens (tertiary/aromatic N) is 2. The monoisotopic (exact) mass is 610 g/mol. The molecule has 40 heavy (non-hydrogen) atoms. The van der Waals surface area contributed by atoms with E-state index in [4.69, 9.17) is 11.5 Å². The highest BCUT2D eigenvalue weighted by atomic mass is 33.1. The van der Waals surface area contributed by atoms with Crippen LogP contribution >= 0.6 is 21.6 Å². The predicted molar refractivity (Wildman–Crippen MR) is 152 cm³/mol. The second-order valence-corrected chi connectivity index (χ2v) is 11.7. The van der Waals surface area contributed by atoms with Gasteiger partial charge in [0.05, 0.1) is 51.5 Å². The van der Waals surface area contributed by atoms with Crippen LogP contribution in [0.3, 0.4) is 0 Å². The van der Waals surface area contributed by atoms with Gasteiger partial charge in [0.2, 0.25) is 23.6 Å². The van der Waals surface area contributed by atoms with Gasteiger partial charge in [-0.3, -0.25) is 28.8 Å². The third-order valence-electron chi connectivity index (χ3n) is 4.95. The lowest BCUT2D eigenvalue weighted by molar-refractivity contribution is -0.132. The third-order valence-corrected chi connectivity index (χ3v) is 7.38. The molecule has 16 nitrogen and oxygen atoms in total. The van der Waals surface area contributed by atoms with Crippen molar-refractivity contribution in [3.63, 3.8) is 0 Å². The summed E-state index contributed by atoms with van der Waals surface area (Å²) in [5.74, 6) is -3.50. The Morgan fingerprint density at radius 3 is 1.20 bits per heavy atom. The van der Waals surface area contributed by atoms with Crippen LogP contribution in [0.2, 0.25) is 0 Å². The van der Waals surface area contributed by atoms with Crippen molar-refractivity contribution in [1.29, 1.82) is 0 Å². The number of nitrogens with two attached hydrogens (primary N) is 2. The van der Waals surface area contributed by atoms with E-state index in [1.54, 1.807) is 38.0 Å². The molecular formula is C22H42N8O8S2. The zero-order valence-corrected chi connectivity index (χ0v) is 24.8. The molecule has 230 valence electrons. The summed E-state index contributed by atoms with van der Waals surface area (Å²) in [7, 11) is 8.84. The van der Waals surface area contributed by atoms with E-state index in [9.17, 15) is 39.0 Å². The molecule has 0 aliphatic heterocycles. The Morgan fingerprint density at radius 1 is 0.625 bits per heavy atom. The van der Waals surface area contributed by atoms with Crippen LogP contribution in [-0.4, -0.2) is 158 Å². The van der Waals surface area contributed by atoms with E-state index in [1.165, 1.54) is 0 Å². The van der Waals surface area contributed by atoms with Crippen LogP contribution in [0.4, 0.5) is 0 Å². The van der Waals surface area contributed by atoms with Crippen LogP contribution < -0.4 is 32.7 Å². The summed E-state index contributed by atoms with van der Waals surface area (Å²) in [6, 6.07) is -4.67. The number of hydrogen-bond donors (Lipinski definition) is 8. The fourth-order valence-electron chi connectivity index (χ4n) is 2.93. The Bertz CT molecular complexity index is 797. The molecule has 0 rings (SSSR count). The van der Waals surface area contributed by atoms with Crippen LogP contribution in [0.15, 0.2) is 0 Å². The van der Waals surface area contributed by atoms with Gasteiger partial charge in [-0.2, -0.15) is 0 Å². The highest BCUT2D eigenvalue weighted by Gasteiger charge is 2.28. The lowest BCUT2D eigenvalue weighted by Gasteiger charge is -2.23. The normalized spacial score (nSPS) is 14.2. The minimum atomic E-state index is -1.28. The molecule has 0 radical (unpaired) electrons. The lowest BCUT2D eigenvalue weighted by atomic mass is 10.2. The molecule has 0 aliphatic carbocycles. The molecule has 0 saturated carbocycles. The van der Waals surface area contributed by atoms with Crippen molar-refractivity contribution in [2.75, 3.05) is 79.1 Å². The van der Waals surface area contributed by atoms with Crippen molar-refractivity contribution in [2.24, 2.45) is 11.5 Å². The Morgan fingerprint density at radius 2 is 0.950 bits per heavy atom. The number of aliphatic hydroxyl groups excluding tert-OH is 2. The molecule has 0 heterocycles. The van der Waals surface area contributed by atoms with E-state index in [0.29, 0.717) is 0 Å². The molecule has 0 aromatic carbocycles. The summed E-state index contributed by atoms with van der Waals surface area (Å²) in [5, 5.41) is 28.8. The van der Waals surface area contributed by atoms with E-state index in [2.05, 4.69) is 21.3 Å². The molecular weight excluding hydrogens is 568 g/mol. The second kappa shape index (κ2) is 20.5. The molecule has 4 atom stereocenters. The Balaban J connectivity index is 5.12. The maximum atomic E-state index is 12.6. The lowest BCUT2D eigenvalue weighted by Crippen LogP contribution is -2.55. The van der Waals surface area contributed by atoms with Gasteiger partial charge in [0.1, 0.15) is 12.1 Å². The Labute approximate surface area is 241 Å². The smallest absolute Gasteiger partial charge is 0.245 e. The Kier molecular flexibility index (Phi) is 19.3. The summed E-state index contributed by atoms with van der Waals surface area (Å²) >= 11 is 0. The topological polar surface area (TPSA) is 250 Å². The van der Waals surface area contributed by atoms with Crippen molar-refractivity contribution >= 4 is 56.8 Å². The molecule has 0 unspecified atom stereocenters. The zero-order chi connectivity index (χ0) is 30.8. The summed E-state index contributed by atoms with van der Waals surface area (Å²) in [6.07, 6.45) is 0. The first-order valence-corrected chi connectivity index (χ1v) is 14.7. The van der Waals surface area contributed by atoms with Gasteiger partial charge in [-0.25, -0.2) is 0 Å². The summed E-state index contributed by atoms with van der Waals surface area (Å²) in [5.41, 5.74) is 10.9. The van der Waals surface area contributed by atoms with Crippen molar-refractivity contribution in [3.05, 3.63) is 0 Å². The minimum Gasteiger partial charge on any atom is -0.394 e. The number of rotatable bonds is 21. The molecule has 0 aromatic heterocycles. The summed E-state index contributed by atoms with van der Waals surface area (Å²) in [4.78, 5) is 76.8. The number of nitrogens with one attached hydrogen (secondary N) is 4. The first-order valence-electron chi connectivity index (χ1n) is 12.2. The third kappa shape index (κ3) is 15.5. The zero-order valence-electron chi connectivity index (χ0n) is 23.2. The maximum absolute atomic E-state index is 12.6. The Hall–Kier alpha value is -2.32. The van der Waals surface area contributed by atoms with Crippen molar-refractivity contribution in [2.45, 2.75) is 24.2 Å². The standard InChI is InChI=1S/C22H42N8O8S2/c1-29(2)7-19(35)25-13(9-31)21(37)27-15(17(33)5-23)11-39-40-12-16(18(34)6-24)28-22(38)14(10-32)26-20(36)8-30(3)4/h13-16,31-32H,5-12,23-24H2,1-4H3,(H,25,35)(H,26,36)(H,27,37)(H,28,38)/t13-,14+,15-,16+. The fraction of sp³-hybridized carbons (Fsp3) is 0.727. The first kappa shape index (κ1) is 37.7. The summed E-state index contributed by atoms with van der Waals surface area (Å²) in [6.45, 7) is -2.16. The van der Waals surface area contributed by atoms with Crippen LogP contribution in [0, 0.1) is 0 Å². The summed E-state index contributed by atoms with van der Waals surface area (Å²) < 4.78 is 0. The van der Waals surface area contributed by atoms with Crippen LogP contribution in [0.25, 0.3) is 0 Å². The second-order valence-electron chi connectivity index (χ2n) is 9.11. The minimum absolute atomic E-state index is 0.0117. The number of amides is 4. The maximum Gasteiger partial charge on any atom is 0.245 e. The molecule has 18 heteroatoms. The van der Waals surface area contributed by atoms with Crippen LogP contribution in [-0.2, 0) is 28.8 Å². The van der Waals surface area contributed by atoms with Crippen molar-refractivity contribution in [1.82, 2.24) is 31.1 Å². The highest BCUT2D eigenvalue weighted by Crippen LogP contribution is 2.23. The van der Waals surface area contributed by atoms with E-state index >= 15 is 0 Å². The number of hydrogen-bond acceptors (Lipinski definition) is 14. The average molecular weight is 611 g/mol. The van der Waals surface area contributed by atoms with Gasteiger partial charge in [-0.05, 0) is 28.2 Å². The highest BCUT2D eigenvalue weighted by molar-refractivity contribution is 8.76. The van der Waals surface area contributed by atoms with Crippen LogP contribution in [0.1, 0.15) is 0 Å². The quantitative estimate of drug-likeness (QED) is 0.0446. The fourth-order valence-corrected chi connectivity index (χ4v) is 5.33. The molecule has 0 aliphatic rings. The van der Waals surface area contributed by atoms with Crippen molar-refractivity contribution in [3.8, 4) is 0 Å². The number of carbonyl (C=O) groups is 6. The molecule has 10 N–H and O–H groups in total. The van der Waals surface area contributed by atoms with Gasteiger partial charge in [0.25, 0.3) is 0 Å². The molecule has 0 spiro atoms. The predicted octanol–water partition coefficient (Wildman–Crippen LogP) is -5.53. The van der Waals surface area contributed by atoms with Gasteiger partial charge in [0, 0.05) is 11.5 Å². The molecule has 0 aromatic rings. The largest absolute Gasteiger partial charge is 0.394 e. The van der Waals surface area contributed by atoms with Gasteiger partial charge < -0.3 is 52.7 Å². The number of ketones is 2. The van der Waals surface area contributed by atoms with Crippen LogP contribution in [0.5, 0.6) is 0 Å². The van der Waals surface area contributed by atoms with E-state index in [0.717, 1.165) is 21.6 Å². The molecule has 0 fully saturated rings. The molecule has 0 bridgehead atoms. The van der Waals surface area contributed by atoms with Gasteiger partial charge in [0.15, 0.2) is 11.6 Å². The van der Waals surface area contributed by atoms with E-state index in [1.807, 2.05) is 0 Å². The number of Topliss-reactive ketones (excluding diaryl/α,β-unsaturated/α-hetero) is 2. The number of likely N-dealkylation sites (N-methyl/N-ethyl adjacent to an activating group) is 2. The first-order chi connectivity index (χ1) is 18.8. The van der Waals surface area contributed by atoms with E-state index < -0.39 is 72.6 Å². The van der Waals surface area contributed by atoms with E-state index in [-0.39, 0.29) is 37.7 Å². The van der Waals surface area contributed by atoms with Gasteiger partial charge >= 0.3 is 0 Å².